The molecule has 0 aliphatic rings. The number of ether oxygens (including phenoxy) is 1. The molecule has 6 nitrogen and oxygen atoms in total. The SMILES string of the molecule is COCC(C)(CC(=O)O)NC(=O)c1cccc(-n2cccc2)c1. The Morgan fingerprint density at radius 3 is 2.57 bits per heavy atom. The van der Waals surface area contributed by atoms with Crippen molar-refractivity contribution in [2.24, 2.45) is 0 Å². The smallest absolute Gasteiger partial charge is 0.305 e. The molecule has 6 heteroatoms. The zero-order valence-corrected chi connectivity index (χ0v) is 13.2. The Hall–Kier alpha value is -2.60. The van der Waals surface area contributed by atoms with Crippen molar-refractivity contribution in [3.63, 3.8) is 0 Å². The first-order chi connectivity index (χ1) is 10.9. The summed E-state index contributed by atoms with van der Waals surface area (Å²) in [6.45, 7) is 1.76. The number of aliphatic carboxylic acids is 1. The summed E-state index contributed by atoms with van der Waals surface area (Å²) in [6.07, 6.45) is 3.55. The van der Waals surface area contributed by atoms with E-state index in [1.807, 2.05) is 35.2 Å². The van der Waals surface area contributed by atoms with Gasteiger partial charge in [0, 0.05) is 30.8 Å². The van der Waals surface area contributed by atoms with E-state index in [4.69, 9.17) is 9.84 Å². The van der Waals surface area contributed by atoms with E-state index in [0.717, 1.165) is 5.69 Å². The van der Waals surface area contributed by atoms with Gasteiger partial charge in [-0.05, 0) is 37.3 Å². The summed E-state index contributed by atoms with van der Waals surface area (Å²) in [5.74, 6) is -1.33. The standard InChI is InChI=1S/C17H20N2O4/c1-17(12-23-2,11-15(20)21)18-16(22)13-6-5-7-14(10-13)19-8-3-4-9-19/h3-10H,11-12H2,1-2H3,(H,18,22)(H,20,21). The number of amides is 1. The number of carboxylic acid groups (broad SMARTS) is 1. The van der Waals surface area contributed by atoms with Crippen LogP contribution in [-0.2, 0) is 9.53 Å². The van der Waals surface area contributed by atoms with Gasteiger partial charge in [0.15, 0.2) is 0 Å². The summed E-state index contributed by atoms with van der Waals surface area (Å²) in [5.41, 5.74) is 0.347. The molecule has 0 aliphatic carbocycles. The highest BCUT2D eigenvalue weighted by molar-refractivity contribution is 5.95. The Bertz CT molecular complexity index is 682. The Kier molecular flexibility index (Phi) is 5.18. The number of rotatable bonds is 7. The summed E-state index contributed by atoms with van der Waals surface area (Å²) in [6, 6.07) is 10.9. The van der Waals surface area contributed by atoms with Crippen LogP contribution < -0.4 is 5.32 Å². The van der Waals surface area contributed by atoms with Gasteiger partial charge in [-0.2, -0.15) is 0 Å². The molecule has 1 unspecified atom stereocenters. The summed E-state index contributed by atoms with van der Waals surface area (Å²) >= 11 is 0. The van der Waals surface area contributed by atoms with E-state index in [9.17, 15) is 9.59 Å². The minimum atomic E-state index is -0.994. The summed E-state index contributed by atoms with van der Waals surface area (Å²) in [7, 11) is 1.47. The van der Waals surface area contributed by atoms with E-state index in [-0.39, 0.29) is 18.9 Å². The molecule has 0 saturated heterocycles. The molecule has 0 bridgehead atoms. The van der Waals surface area contributed by atoms with Gasteiger partial charge < -0.3 is 19.7 Å². The molecule has 122 valence electrons. The lowest BCUT2D eigenvalue weighted by atomic mass is 9.98. The minimum Gasteiger partial charge on any atom is -0.481 e. The van der Waals surface area contributed by atoms with E-state index in [1.165, 1.54) is 7.11 Å². The third kappa shape index (κ3) is 4.43. The van der Waals surface area contributed by atoms with Crippen molar-refractivity contribution in [2.75, 3.05) is 13.7 Å². The first kappa shape index (κ1) is 16.8. The Morgan fingerprint density at radius 1 is 1.26 bits per heavy atom. The fourth-order valence-corrected chi connectivity index (χ4v) is 2.44. The molecule has 1 aromatic heterocycles. The molecule has 0 saturated carbocycles. The maximum absolute atomic E-state index is 12.5. The van der Waals surface area contributed by atoms with E-state index < -0.39 is 11.5 Å². The number of nitrogens with zero attached hydrogens (tertiary/aromatic N) is 1. The highest BCUT2D eigenvalue weighted by atomic mass is 16.5. The van der Waals surface area contributed by atoms with Crippen molar-refractivity contribution in [1.29, 1.82) is 0 Å². The molecular weight excluding hydrogens is 296 g/mol. The zero-order valence-electron chi connectivity index (χ0n) is 13.2. The van der Waals surface area contributed by atoms with Crippen molar-refractivity contribution >= 4 is 11.9 Å². The quantitative estimate of drug-likeness (QED) is 0.819. The molecule has 2 aromatic rings. The number of carbonyl (C=O) groups is 2. The molecule has 1 atom stereocenters. The second kappa shape index (κ2) is 7.11. The lowest BCUT2D eigenvalue weighted by Crippen LogP contribution is -2.50. The third-order valence-electron chi connectivity index (χ3n) is 3.43. The van der Waals surface area contributed by atoms with Crippen molar-refractivity contribution < 1.29 is 19.4 Å². The van der Waals surface area contributed by atoms with Gasteiger partial charge in [-0.3, -0.25) is 9.59 Å². The molecular formula is C17H20N2O4. The van der Waals surface area contributed by atoms with Crippen LogP contribution >= 0.6 is 0 Å². The number of benzene rings is 1. The number of aromatic nitrogens is 1. The molecule has 0 radical (unpaired) electrons. The largest absolute Gasteiger partial charge is 0.481 e. The van der Waals surface area contributed by atoms with Crippen LogP contribution in [0.1, 0.15) is 23.7 Å². The molecule has 1 aromatic carbocycles. The number of carbonyl (C=O) groups excluding carboxylic acids is 1. The average Bonchev–Trinajstić information content (AvgIpc) is 3.00. The molecule has 0 fully saturated rings. The third-order valence-corrected chi connectivity index (χ3v) is 3.43. The van der Waals surface area contributed by atoms with Crippen LogP contribution in [0.25, 0.3) is 5.69 Å². The first-order valence-corrected chi connectivity index (χ1v) is 7.20. The van der Waals surface area contributed by atoms with Crippen LogP contribution in [0.5, 0.6) is 0 Å². The summed E-state index contributed by atoms with van der Waals surface area (Å²) in [5, 5.41) is 11.8. The molecule has 1 amide bonds. The van der Waals surface area contributed by atoms with Crippen molar-refractivity contribution in [3.8, 4) is 5.69 Å². The topological polar surface area (TPSA) is 80.6 Å². The fraction of sp³-hybridized carbons (Fsp3) is 0.294. The van der Waals surface area contributed by atoms with E-state index in [0.29, 0.717) is 5.56 Å². The Morgan fingerprint density at radius 2 is 1.96 bits per heavy atom. The van der Waals surface area contributed by atoms with Crippen LogP contribution in [0.2, 0.25) is 0 Å². The number of hydrogen-bond donors (Lipinski definition) is 2. The average molecular weight is 316 g/mol. The van der Waals surface area contributed by atoms with E-state index in [1.54, 1.807) is 25.1 Å². The number of carboxylic acids is 1. The van der Waals surface area contributed by atoms with Crippen molar-refractivity contribution in [3.05, 3.63) is 54.4 Å². The van der Waals surface area contributed by atoms with Crippen LogP contribution in [0.15, 0.2) is 48.8 Å². The highest BCUT2D eigenvalue weighted by Gasteiger charge is 2.30. The number of hydrogen-bond acceptors (Lipinski definition) is 3. The van der Waals surface area contributed by atoms with Crippen LogP contribution in [-0.4, -0.2) is 40.8 Å². The van der Waals surface area contributed by atoms with Gasteiger partial charge in [0.2, 0.25) is 0 Å². The van der Waals surface area contributed by atoms with Gasteiger partial charge in [0.05, 0.1) is 18.6 Å². The van der Waals surface area contributed by atoms with Gasteiger partial charge in [-0.1, -0.05) is 6.07 Å². The minimum absolute atomic E-state index is 0.113. The second-order valence-corrected chi connectivity index (χ2v) is 5.66. The predicted molar refractivity (Wildman–Crippen MR) is 85.8 cm³/mol. The van der Waals surface area contributed by atoms with Gasteiger partial charge >= 0.3 is 5.97 Å². The number of nitrogens with one attached hydrogen (secondary N) is 1. The van der Waals surface area contributed by atoms with Crippen LogP contribution in [0, 0.1) is 0 Å². The summed E-state index contributed by atoms with van der Waals surface area (Å²) < 4.78 is 6.94. The lowest BCUT2D eigenvalue weighted by molar-refractivity contribution is -0.139. The molecule has 23 heavy (non-hydrogen) atoms. The fourth-order valence-electron chi connectivity index (χ4n) is 2.44. The predicted octanol–water partition coefficient (Wildman–Crippen LogP) is 2.09. The normalized spacial score (nSPS) is 13.3. The number of methoxy groups -OCH3 is 1. The monoisotopic (exact) mass is 316 g/mol. The van der Waals surface area contributed by atoms with Gasteiger partial charge in [-0.15, -0.1) is 0 Å². The maximum Gasteiger partial charge on any atom is 0.305 e. The maximum atomic E-state index is 12.5. The molecule has 2 rings (SSSR count). The van der Waals surface area contributed by atoms with E-state index >= 15 is 0 Å². The van der Waals surface area contributed by atoms with Gasteiger partial charge in [0.1, 0.15) is 0 Å². The first-order valence-electron chi connectivity index (χ1n) is 7.20. The molecule has 0 aliphatic heterocycles. The van der Waals surface area contributed by atoms with E-state index in [2.05, 4.69) is 5.32 Å². The van der Waals surface area contributed by atoms with Gasteiger partial charge in [-0.25, -0.2) is 0 Å². The van der Waals surface area contributed by atoms with Crippen molar-refractivity contribution in [2.45, 2.75) is 18.9 Å². The van der Waals surface area contributed by atoms with Crippen molar-refractivity contribution in [1.82, 2.24) is 9.88 Å². The Labute approximate surface area is 134 Å². The molecule has 1 heterocycles. The summed E-state index contributed by atoms with van der Waals surface area (Å²) in [4.78, 5) is 23.5. The molecule has 2 N–H and O–H groups in total. The Balaban J connectivity index is 2.19. The van der Waals surface area contributed by atoms with Crippen LogP contribution in [0.4, 0.5) is 0 Å². The highest BCUT2D eigenvalue weighted by Crippen LogP contribution is 2.15. The second-order valence-electron chi connectivity index (χ2n) is 5.66. The lowest BCUT2D eigenvalue weighted by Gasteiger charge is -2.28. The van der Waals surface area contributed by atoms with Crippen LogP contribution in [0.3, 0.4) is 0 Å². The van der Waals surface area contributed by atoms with Gasteiger partial charge in [0.25, 0.3) is 5.91 Å². The zero-order chi connectivity index (χ0) is 16.9. The molecule has 0 spiro atoms.